The molecule has 1 N–H and O–H groups in total. The SMILES string of the molecule is CC(C)(C)N(CCO)C(=O)CCN1C(=O)/C(=C/c2cccc(Br)c2)SC1=S. The van der Waals surface area contributed by atoms with Gasteiger partial charge in [0, 0.05) is 29.5 Å². The van der Waals surface area contributed by atoms with Gasteiger partial charge in [-0.15, -0.1) is 0 Å². The van der Waals surface area contributed by atoms with Gasteiger partial charge in [-0.05, 0) is 44.5 Å². The topological polar surface area (TPSA) is 60.9 Å². The smallest absolute Gasteiger partial charge is 0.266 e. The van der Waals surface area contributed by atoms with Gasteiger partial charge in [0.2, 0.25) is 5.91 Å². The Morgan fingerprint density at radius 2 is 2.11 bits per heavy atom. The molecule has 0 unspecified atom stereocenters. The second-order valence-electron chi connectivity index (χ2n) is 7.08. The van der Waals surface area contributed by atoms with Gasteiger partial charge in [-0.1, -0.05) is 52.0 Å². The quantitative estimate of drug-likeness (QED) is 0.507. The van der Waals surface area contributed by atoms with E-state index in [1.807, 2.05) is 45.0 Å². The van der Waals surface area contributed by atoms with Gasteiger partial charge in [0.25, 0.3) is 5.91 Å². The molecule has 2 rings (SSSR count). The number of aliphatic hydroxyl groups excluding tert-OH is 1. The van der Waals surface area contributed by atoms with Crippen molar-refractivity contribution in [2.45, 2.75) is 32.7 Å². The Kier molecular flexibility index (Phi) is 7.62. The minimum absolute atomic E-state index is 0.0978. The maximum absolute atomic E-state index is 12.7. The van der Waals surface area contributed by atoms with Crippen molar-refractivity contribution in [3.8, 4) is 0 Å². The average molecular weight is 471 g/mol. The molecule has 0 aromatic heterocycles. The summed E-state index contributed by atoms with van der Waals surface area (Å²) in [5.41, 5.74) is 0.512. The summed E-state index contributed by atoms with van der Waals surface area (Å²) in [7, 11) is 0. The molecule has 1 fully saturated rings. The number of hydrogen-bond acceptors (Lipinski definition) is 5. The van der Waals surface area contributed by atoms with Gasteiger partial charge >= 0.3 is 0 Å². The van der Waals surface area contributed by atoms with Crippen molar-refractivity contribution in [1.82, 2.24) is 9.80 Å². The summed E-state index contributed by atoms with van der Waals surface area (Å²) >= 11 is 10.00. The van der Waals surface area contributed by atoms with E-state index in [2.05, 4.69) is 15.9 Å². The van der Waals surface area contributed by atoms with Crippen molar-refractivity contribution in [3.05, 3.63) is 39.2 Å². The molecule has 1 aliphatic rings. The first-order valence-electron chi connectivity index (χ1n) is 8.55. The van der Waals surface area contributed by atoms with Crippen LogP contribution in [-0.2, 0) is 9.59 Å². The second kappa shape index (κ2) is 9.32. The van der Waals surface area contributed by atoms with Gasteiger partial charge in [-0.2, -0.15) is 0 Å². The zero-order valence-corrected chi connectivity index (χ0v) is 18.8. The molecule has 0 bridgehead atoms. The second-order valence-corrected chi connectivity index (χ2v) is 9.67. The molecule has 1 aliphatic heterocycles. The normalized spacial score (nSPS) is 16.3. The summed E-state index contributed by atoms with van der Waals surface area (Å²) in [6.07, 6.45) is 1.97. The van der Waals surface area contributed by atoms with Crippen LogP contribution in [0.3, 0.4) is 0 Å². The molecule has 8 heteroatoms. The first kappa shape index (κ1) is 22.1. The van der Waals surface area contributed by atoms with Crippen LogP contribution in [-0.4, -0.2) is 56.3 Å². The Balaban J connectivity index is 2.06. The zero-order chi connectivity index (χ0) is 20.2. The molecular weight excluding hydrogens is 448 g/mol. The fraction of sp³-hybridized carbons (Fsp3) is 0.421. The number of amides is 2. The number of thiocarbonyl (C=S) groups is 1. The highest BCUT2D eigenvalue weighted by Crippen LogP contribution is 2.33. The lowest BCUT2D eigenvalue weighted by Gasteiger charge is -2.35. The zero-order valence-electron chi connectivity index (χ0n) is 15.6. The number of hydrogen-bond donors (Lipinski definition) is 1. The van der Waals surface area contributed by atoms with Crippen LogP contribution in [0.1, 0.15) is 32.8 Å². The molecule has 1 aromatic carbocycles. The van der Waals surface area contributed by atoms with Gasteiger partial charge in [-0.3, -0.25) is 14.5 Å². The fourth-order valence-electron chi connectivity index (χ4n) is 2.72. The van der Waals surface area contributed by atoms with E-state index in [-0.39, 0.29) is 37.9 Å². The Morgan fingerprint density at radius 1 is 1.41 bits per heavy atom. The van der Waals surface area contributed by atoms with E-state index in [0.29, 0.717) is 9.23 Å². The molecule has 146 valence electrons. The molecule has 5 nitrogen and oxygen atoms in total. The molecule has 0 spiro atoms. The Bertz CT molecular complexity index is 774. The van der Waals surface area contributed by atoms with Crippen LogP contribution < -0.4 is 0 Å². The number of halogens is 1. The van der Waals surface area contributed by atoms with Crippen molar-refractivity contribution in [1.29, 1.82) is 0 Å². The van der Waals surface area contributed by atoms with Crippen molar-refractivity contribution in [2.24, 2.45) is 0 Å². The van der Waals surface area contributed by atoms with Crippen LogP contribution in [0.4, 0.5) is 0 Å². The third kappa shape index (κ3) is 5.88. The number of thioether (sulfide) groups is 1. The summed E-state index contributed by atoms with van der Waals surface area (Å²) in [6.45, 7) is 6.16. The first-order chi connectivity index (χ1) is 12.6. The number of carbonyl (C=O) groups is 2. The maximum Gasteiger partial charge on any atom is 0.266 e. The van der Waals surface area contributed by atoms with Crippen LogP contribution in [0, 0.1) is 0 Å². The van der Waals surface area contributed by atoms with E-state index in [4.69, 9.17) is 12.2 Å². The number of β-amino-alcohol motifs (C(OH)–C–C–N with tert-alkyl or cyclic N) is 1. The first-order valence-corrected chi connectivity index (χ1v) is 10.6. The summed E-state index contributed by atoms with van der Waals surface area (Å²) in [5.74, 6) is -0.288. The molecule has 0 saturated carbocycles. The van der Waals surface area contributed by atoms with Crippen LogP contribution in [0.15, 0.2) is 33.6 Å². The summed E-state index contributed by atoms with van der Waals surface area (Å²) in [4.78, 5) is 28.9. The third-order valence-corrected chi connectivity index (χ3v) is 5.87. The van der Waals surface area contributed by atoms with Crippen LogP contribution in [0.5, 0.6) is 0 Å². The third-order valence-electron chi connectivity index (χ3n) is 4.00. The minimum atomic E-state index is -0.393. The predicted molar refractivity (Wildman–Crippen MR) is 117 cm³/mol. The summed E-state index contributed by atoms with van der Waals surface area (Å²) in [6, 6.07) is 7.65. The van der Waals surface area contributed by atoms with Crippen LogP contribution in [0.25, 0.3) is 6.08 Å². The number of benzene rings is 1. The number of rotatable bonds is 6. The van der Waals surface area contributed by atoms with Gasteiger partial charge in [0.1, 0.15) is 4.32 Å². The van der Waals surface area contributed by atoms with Crippen molar-refractivity contribution >= 4 is 62.1 Å². The highest BCUT2D eigenvalue weighted by atomic mass is 79.9. The molecule has 1 saturated heterocycles. The van der Waals surface area contributed by atoms with Gasteiger partial charge in [-0.25, -0.2) is 0 Å². The molecule has 0 aliphatic carbocycles. The minimum Gasteiger partial charge on any atom is -0.395 e. The Hall–Kier alpha value is -1.22. The number of nitrogens with zero attached hydrogens (tertiary/aromatic N) is 2. The molecule has 0 atom stereocenters. The summed E-state index contributed by atoms with van der Waals surface area (Å²) < 4.78 is 1.39. The largest absolute Gasteiger partial charge is 0.395 e. The lowest BCUT2D eigenvalue weighted by atomic mass is 10.1. The van der Waals surface area contributed by atoms with Crippen molar-refractivity contribution < 1.29 is 14.7 Å². The lowest BCUT2D eigenvalue weighted by Crippen LogP contribution is -2.48. The molecular formula is C19H23BrN2O3S2. The van der Waals surface area contributed by atoms with E-state index in [9.17, 15) is 14.7 Å². The van der Waals surface area contributed by atoms with Crippen LogP contribution in [0.2, 0.25) is 0 Å². The Labute approximate surface area is 177 Å². The molecule has 27 heavy (non-hydrogen) atoms. The molecule has 0 radical (unpaired) electrons. The summed E-state index contributed by atoms with van der Waals surface area (Å²) in [5, 5.41) is 9.21. The van der Waals surface area contributed by atoms with E-state index in [1.54, 1.807) is 11.0 Å². The van der Waals surface area contributed by atoms with Gasteiger partial charge < -0.3 is 10.0 Å². The highest BCUT2D eigenvalue weighted by molar-refractivity contribution is 9.10. The fourth-order valence-corrected chi connectivity index (χ4v) is 4.44. The maximum atomic E-state index is 12.7. The molecule has 1 aromatic rings. The van der Waals surface area contributed by atoms with E-state index in [1.165, 1.54) is 16.7 Å². The van der Waals surface area contributed by atoms with Crippen molar-refractivity contribution in [3.63, 3.8) is 0 Å². The van der Waals surface area contributed by atoms with Crippen LogP contribution >= 0.6 is 39.9 Å². The lowest BCUT2D eigenvalue weighted by molar-refractivity contribution is -0.137. The number of aliphatic hydroxyl groups is 1. The average Bonchev–Trinajstić information content (AvgIpc) is 2.83. The Morgan fingerprint density at radius 3 is 2.70 bits per heavy atom. The van der Waals surface area contributed by atoms with E-state index < -0.39 is 5.54 Å². The van der Waals surface area contributed by atoms with E-state index >= 15 is 0 Å². The van der Waals surface area contributed by atoms with Crippen molar-refractivity contribution in [2.75, 3.05) is 19.7 Å². The van der Waals surface area contributed by atoms with E-state index in [0.717, 1.165) is 10.0 Å². The highest BCUT2D eigenvalue weighted by Gasteiger charge is 2.33. The monoisotopic (exact) mass is 470 g/mol. The predicted octanol–water partition coefficient (Wildman–Crippen LogP) is 3.66. The van der Waals surface area contributed by atoms with Gasteiger partial charge in [0.15, 0.2) is 0 Å². The van der Waals surface area contributed by atoms with Gasteiger partial charge in [0.05, 0.1) is 11.5 Å². The molecule has 2 amide bonds. The molecule has 1 heterocycles. The number of carbonyl (C=O) groups excluding carboxylic acids is 2. The standard InChI is InChI=1S/C19H23BrN2O3S2/c1-19(2,3)22(9-10-23)16(24)7-8-21-17(25)15(27-18(21)26)12-13-5-4-6-14(20)11-13/h4-6,11-12,23H,7-10H2,1-3H3/b15-12-.